The number of hydrogen-bond donors (Lipinski definition) is 0. The van der Waals surface area contributed by atoms with Crippen LogP contribution in [0.5, 0.6) is 5.75 Å². The monoisotopic (exact) mass is 251 g/mol. The smallest absolute Gasteiger partial charge is 0.327 e. The molecule has 0 aliphatic rings. The van der Waals surface area contributed by atoms with Gasteiger partial charge < -0.3 is 9.47 Å². The van der Waals surface area contributed by atoms with Crippen LogP contribution in [0, 0.1) is 13.8 Å². The molecule has 0 saturated carbocycles. The van der Waals surface area contributed by atoms with Crippen LogP contribution in [0.15, 0.2) is 12.1 Å². The number of ether oxygens (including phenoxy) is 2. The molecule has 0 heterocycles. The summed E-state index contributed by atoms with van der Waals surface area (Å²) in [5.41, 5.74) is 3.09. The molecule has 0 fully saturated rings. The minimum absolute atomic E-state index is 0.290. The number of esters is 1. The minimum Gasteiger partial charge on any atom is -0.496 e. The van der Waals surface area contributed by atoms with Gasteiger partial charge in [0.05, 0.1) is 14.2 Å². The van der Waals surface area contributed by atoms with Crippen LogP contribution in [-0.4, -0.2) is 39.2 Å². The largest absolute Gasteiger partial charge is 0.496 e. The van der Waals surface area contributed by atoms with Crippen LogP contribution in [0.3, 0.4) is 0 Å². The molecule has 0 amide bonds. The average Bonchev–Trinajstić information content (AvgIpc) is 2.32. The zero-order valence-electron chi connectivity index (χ0n) is 11.9. The Hall–Kier alpha value is -1.55. The molecule has 0 saturated heterocycles. The number of carbonyl (C=O) groups is 1. The number of carbonyl (C=O) groups excluding carboxylic acids is 1. The van der Waals surface area contributed by atoms with Crippen molar-refractivity contribution in [1.82, 2.24) is 4.90 Å². The lowest BCUT2D eigenvalue weighted by molar-refractivity contribution is -0.146. The van der Waals surface area contributed by atoms with E-state index in [1.807, 2.05) is 45.0 Å². The molecule has 1 aromatic rings. The van der Waals surface area contributed by atoms with Crippen LogP contribution in [0.2, 0.25) is 0 Å². The van der Waals surface area contributed by atoms with Crippen molar-refractivity contribution in [3.63, 3.8) is 0 Å². The number of likely N-dealkylation sites (N-methyl/N-ethyl adjacent to an activating group) is 1. The number of methoxy groups -OCH3 is 2. The molecule has 1 rings (SSSR count). The third-order valence-electron chi connectivity index (χ3n) is 3.08. The summed E-state index contributed by atoms with van der Waals surface area (Å²) < 4.78 is 10.2. The Labute approximate surface area is 108 Å². The van der Waals surface area contributed by atoms with Crippen LogP contribution >= 0.6 is 0 Å². The molecular weight excluding hydrogens is 230 g/mol. The lowest BCUT2D eigenvalue weighted by atomic mass is 9.99. The normalized spacial score (nSPS) is 12.4. The summed E-state index contributed by atoms with van der Waals surface area (Å²) >= 11 is 0. The van der Waals surface area contributed by atoms with Crippen LogP contribution in [0.4, 0.5) is 0 Å². The van der Waals surface area contributed by atoms with Crippen LogP contribution in [-0.2, 0) is 9.53 Å². The first kappa shape index (κ1) is 14.5. The Balaban J connectivity index is 3.35. The SMILES string of the molecule is COC(=O)C(c1cc(C)c(C)cc1OC)N(C)C. The van der Waals surface area contributed by atoms with Crippen LogP contribution in [0.1, 0.15) is 22.7 Å². The number of benzene rings is 1. The molecule has 0 aliphatic carbocycles. The zero-order valence-corrected chi connectivity index (χ0v) is 11.9. The predicted molar refractivity (Wildman–Crippen MR) is 70.9 cm³/mol. The lowest BCUT2D eigenvalue weighted by Gasteiger charge is -2.24. The Morgan fingerprint density at radius 2 is 1.72 bits per heavy atom. The highest BCUT2D eigenvalue weighted by molar-refractivity contribution is 5.78. The first-order valence-electron chi connectivity index (χ1n) is 5.81. The molecular formula is C14H21NO3. The van der Waals surface area contributed by atoms with Gasteiger partial charge in [-0.25, -0.2) is 4.79 Å². The van der Waals surface area contributed by atoms with Gasteiger partial charge in [-0.1, -0.05) is 0 Å². The van der Waals surface area contributed by atoms with Crippen molar-refractivity contribution >= 4 is 5.97 Å². The molecule has 0 N–H and O–H groups in total. The van der Waals surface area contributed by atoms with Gasteiger partial charge in [0.1, 0.15) is 11.8 Å². The Kier molecular flexibility index (Phi) is 4.73. The molecule has 0 bridgehead atoms. The van der Waals surface area contributed by atoms with E-state index < -0.39 is 6.04 Å². The summed E-state index contributed by atoms with van der Waals surface area (Å²) in [4.78, 5) is 13.7. The van der Waals surface area contributed by atoms with E-state index in [0.717, 1.165) is 16.7 Å². The van der Waals surface area contributed by atoms with Gasteiger partial charge in [0, 0.05) is 5.56 Å². The highest BCUT2D eigenvalue weighted by atomic mass is 16.5. The van der Waals surface area contributed by atoms with Crippen molar-refractivity contribution in [2.45, 2.75) is 19.9 Å². The molecule has 0 aliphatic heterocycles. The van der Waals surface area contributed by atoms with Crippen molar-refractivity contribution in [3.05, 3.63) is 28.8 Å². The molecule has 0 aromatic heterocycles. The molecule has 18 heavy (non-hydrogen) atoms. The minimum atomic E-state index is -0.454. The molecule has 0 spiro atoms. The third kappa shape index (κ3) is 2.82. The molecule has 100 valence electrons. The van der Waals surface area contributed by atoms with Crippen LogP contribution < -0.4 is 4.74 Å². The van der Waals surface area contributed by atoms with E-state index in [9.17, 15) is 4.79 Å². The van der Waals surface area contributed by atoms with Gasteiger partial charge in [-0.3, -0.25) is 4.90 Å². The number of rotatable bonds is 4. The van der Waals surface area contributed by atoms with E-state index in [1.54, 1.807) is 7.11 Å². The Morgan fingerprint density at radius 1 is 1.17 bits per heavy atom. The second-order valence-corrected chi connectivity index (χ2v) is 4.57. The summed E-state index contributed by atoms with van der Waals surface area (Å²) in [6, 6.07) is 3.48. The maximum absolute atomic E-state index is 11.9. The third-order valence-corrected chi connectivity index (χ3v) is 3.08. The predicted octanol–water partition coefficient (Wildman–Crippen LogP) is 2.09. The summed E-state index contributed by atoms with van der Waals surface area (Å²) in [5, 5.41) is 0. The average molecular weight is 251 g/mol. The second-order valence-electron chi connectivity index (χ2n) is 4.57. The number of hydrogen-bond acceptors (Lipinski definition) is 4. The van der Waals surface area contributed by atoms with E-state index in [-0.39, 0.29) is 5.97 Å². The van der Waals surface area contributed by atoms with Gasteiger partial charge in [0.15, 0.2) is 0 Å². The highest BCUT2D eigenvalue weighted by Crippen LogP contribution is 2.31. The van der Waals surface area contributed by atoms with E-state index in [1.165, 1.54) is 7.11 Å². The molecule has 1 unspecified atom stereocenters. The van der Waals surface area contributed by atoms with E-state index in [4.69, 9.17) is 9.47 Å². The lowest BCUT2D eigenvalue weighted by Crippen LogP contribution is -2.29. The van der Waals surface area contributed by atoms with E-state index >= 15 is 0 Å². The van der Waals surface area contributed by atoms with Crippen molar-refractivity contribution in [1.29, 1.82) is 0 Å². The summed E-state index contributed by atoms with van der Waals surface area (Å²) in [7, 11) is 6.69. The fourth-order valence-electron chi connectivity index (χ4n) is 1.93. The van der Waals surface area contributed by atoms with E-state index in [0.29, 0.717) is 5.75 Å². The Bertz CT molecular complexity index is 441. The molecule has 1 aromatic carbocycles. The number of aryl methyl sites for hydroxylation is 2. The molecule has 1 atom stereocenters. The van der Waals surface area contributed by atoms with Crippen molar-refractivity contribution in [2.24, 2.45) is 0 Å². The summed E-state index contributed by atoms with van der Waals surface area (Å²) in [5.74, 6) is 0.420. The zero-order chi connectivity index (χ0) is 13.9. The van der Waals surface area contributed by atoms with Gasteiger partial charge in [0.25, 0.3) is 0 Å². The maximum Gasteiger partial charge on any atom is 0.327 e. The fourth-order valence-corrected chi connectivity index (χ4v) is 1.93. The Morgan fingerprint density at radius 3 is 2.17 bits per heavy atom. The van der Waals surface area contributed by atoms with Gasteiger partial charge in [-0.2, -0.15) is 0 Å². The summed E-state index contributed by atoms with van der Waals surface area (Å²) in [6.45, 7) is 4.03. The fraction of sp³-hybridized carbons (Fsp3) is 0.500. The topological polar surface area (TPSA) is 38.8 Å². The van der Waals surface area contributed by atoms with Gasteiger partial charge >= 0.3 is 5.97 Å². The van der Waals surface area contributed by atoms with Crippen molar-refractivity contribution < 1.29 is 14.3 Å². The molecule has 0 radical (unpaired) electrons. The molecule has 4 nitrogen and oxygen atoms in total. The van der Waals surface area contributed by atoms with Crippen molar-refractivity contribution in [3.8, 4) is 5.75 Å². The van der Waals surface area contributed by atoms with Gasteiger partial charge in [-0.15, -0.1) is 0 Å². The standard InChI is InChI=1S/C14H21NO3/c1-9-7-11(12(17-5)8-10(9)2)13(15(3)4)14(16)18-6/h7-8,13H,1-6H3. The molecule has 4 heteroatoms. The second kappa shape index (κ2) is 5.87. The maximum atomic E-state index is 11.9. The summed E-state index contributed by atoms with van der Waals surface area (Å²) in [6.07, 6.45) is 0. The van der Waals surface area contributed by atoms with Gasteiger partial charge in [0.2, 0.25) is 0 Å². The quantitative estimate of drug-likeness (QED) is 0.768. The first-order valence-corrected chi connectivity index (χ1v) is 5.81. The van der Waals surface area contributed by atoms with Crippen LogP contribution in [0.25, 0.3) is 0 Å². The highest BCUT2D eigenvalue weighted by Gasteiger charge is 2.27. The van der Waals surface area contributed by atoms with Gasteiger partial charge in [-0.05, 0) is 51.2 Å². The van der Waals surface area contributed by atoms with E-state index in [2.05, 4.69) is 0 Å². The van der Waals surface area contributed by atoms with Crippen molar-refractivity contribution in [2.75, 3.05) is 28.3 Å². The first-order chi connectivity index (χ1) is 8.42. The number of nitrogens with zero attached hydrogens (tertiary/aromatic N) is 1.